The van der Waals surface area contributed by atoms with Gasteiger partial charge in [-0.25, -0.2) is 4.39 Å². The fourth-order valence-electron chi connectivity index (χ4n) is 3.70. The van der Waals surface area contributed by atoms with E-state index in [1.54, 1.807) is 28.8 Å². The van der Waals surface area contributed by atoms with Crippen molar-refractivity contribution in [2.45, 2.75) is 19.5 Å². The van der Waals surface area contributed by atoms with Crippen LogP contribution in [0.1, 0.15) is 16.8 Å². The van der Waals surface area contributed by atoms with Crippen molar-refractivity contribution in [1.82, 2.24) is 9.47 Å². The lowest BCUT2D eigenvalue weighted by Gasteiger charge is -2.31. The van der Waals surface area contributed by atoms with E-state index in [1.165, 1.54) is 6.07 Å². The summed E-state index contributed by atoms with van der Waals surface area (Å²) in [5, 5.41) is 10.9. The molecular formula is C20H15BrClFN2O2S. The van der Waals surface area contributed by atoms with E-state index < -0.39 is 5.97 Å². The molecule has 2 heterocycles. The number of carbonyl (C=O) groups is 1. The Bertz CT molecular complexity index is 1130. The number of nitrogens with zero attached hydrogens (tertiary/aromatic N) is 2. The summed E-state index contributed by atoms with van der Waals surface area (Å²) in [4.78, 5) is 13.9. The van der Waals surface area contributed by atoms with Gasteiger partial charge in [-0.3, -0.25) is 4.79 Å². The number of aliphatic carboxylic acids is 1. The summed E-state index contributed by atoms with van der Waals surface area (Å²) in [6.07, 6.45) is 0.693. The van der Waals surface area contributed by atoms with Gasteiger partial charge in [0.15, 0.2) is 0 Å². The van der Waals surface area contributed by atoms with Crippen LogP contribution in [-0.2, 0) is 24.3 Å². The predicted octanol–water partition coefficient (Wildman–Crippen LogP) is 5.01. The molecule has 4 rings (SSSR count). The first-order chi connectivity index (χ1) is 13.3. The van der Waals surface area contributed by atoms with Crippen LogP contribution in [0.5, 0.6) is 0 Å². The first-order valence-corrected chi connectivity index (χ1v) is 10.2. The minimum atomic E-state index is -0.960. The van der Waals surface area contributed by atoms with Crippen LogP contribution in [0.3, 0.4) is 0 Å². The summed E-state index contributed by atoms with van der Waals surface area (Å²) >= 11 is 15.1. The van der Waals surface area contributed by atoms with Crippen molar-refractivity contribution in [3.63, 3.8) is 0 Å². The second kappa shape index (κ2) is 7.46. The van der Waals surface area contributed by atoms with Gasteiger partial charge in [-0.05, 0) is 36.2 Å². The van der Waals surface area contributed by atoms with E-state index >= 15 is 0 Å². The zero-order chi connectivity index (χ0) is 20.0. The van der Waals surface area contributed by atoms with Crippen LogP contribution in [-0.4, -0.2) is 32.1 Å². The molecule has 8 heteroatoms. The highest BCUT2D eigenvalue weighted by Crippen LogP contribution is 2.33. The van der Waals surface area contributed by atoms with Gasteiger partial charge in [0.2, 0.25) is 0 Å². The maximum absolute atomic E-state index is 14.3. The second-order valence-electron chi connectivity index (χ2n) is 6.68. The van der Waals surface area contributed by atoms with Gasteiger partial charge in [-0.1, -0.05) is 51.9 Å². The van der Waals surface area contributed by atoms with Crippen molar-refractivity contribution in [3.8, 4) is 0 Å². The lowest BCUT2D eigenvalue weighted by Crippen LogP contribution is -2.38. The fraction of sp³-hybridized carbons (Fsp3) is 0.200. The fourth-order valence-corrected chi connectivity index (χ4v) is 4.58. The monoisotopic (exact) mass is 480 g/mol. The smallest absolute Gasteiger partial charge is 0.323 e. The number of thiocarbonyl (C=S) groups is 1. The van der Waals surface area contributed by atoms with Crippen LogP contribution in [0.4, 0.5) is 4.39 Å². The molecule has 0 atom stereocenters. The Labute approximate surface area is 179 Å². The van der Waals surface area contributed by atoms with E-state index in [0.29, 0.717) is 45.3 Å². The number of hydrogen-bond acceptors (Lipinski definition) is 2. The zero-order valence-electron chi connectivity index (χ0n) is 14.6. The van der Waals surface area contributed by atoms with Crippen molar-refractivity contribution >= 4 is 61.6 Å². The van der Waals surface area contributed by atoms with Crippen LogP contribution in [0.15, 0.2) is 40.9 Å². The Hall–Kier alpha value is -1.96. The van der Waals surface area contributed by atoms with Crippen LogP contribution < -0.4 is 0 Å². The van der Waals surface area contributed by atoms with Gasteiger partial charge in [-0.15, -0.1) is 0 Å². The molecule has 1 N–H and O–H groups in total. The molecule has 0 fully saturated rings. The third kappa shape index (κ3) is 3.43. The van der Waals surface area contributed by atoms with Crippen molar-refractivity contribution < 1.29 is 14.3 Å². The molecule has 28 heavy (non-hydrogen) atoms. The zero-order valence-corrected chi connectivity index (χ0v) is 17.7. The molecule has 0 radical (unpaired) electrons. The van der Waals surface area contributed by atoms with Crippen LogP contribution in [0.2, 0.25) is 5.02 Å². The third-order valence-electron chi connectivity index (χ3n) is 4.92. The SMILES string of the molecule is O=C(O)Cn1c2c(c3ccc(Cl)cc31)CCN(Cc1ccc(Br)cc1F)C2=S. The molecule has 0 bridgehead atoms. The van der Waals surface area contributed by atoms with Gasteiger partial charge in [0.1, 0.15) is 17.4 Å². The van der Waals surface area contributed by atoms with E-state index in [0.717, 1.165) is 16.5 Å². The molecule has 0 saturated heterocycles. The highest BCUT2D eigenvalue weighted by Gasteiger charge is 2.29. The van der Waals surface area contributed by atoms with Crippen molar-refractivity contribution in [1.29, 1.82) is 0 Å². The summed E-state index contributed by atoms with van der Waals surface area (Å²) in [7, 11) is 0. The summed E-state index contributed by atoms with van der Waals surface area (Å²) in [5.41, 5.74) is 3.01. The first kappa shape index (κ1) is 19.4. The molecule has 1 aromatic heterocycles. The molecule has 0 spiro atoms. The van der Waals surface area contributed by atoms with Crippen LogP contribution in [0.25, 0.3) is 10.9 Å². The summed E-state index contributed by atoms with van der Waals surface area (Å²) in [5.74, 6) is -1.26. The Kier molecular flexibility index (Phi) is 5.16. The Morgan fingerprint density at radius 3 is 2.79 bits per heavy atom. The standard InChI is InChI=1S/C20H15BrClFN2O2S/c21-12-2-1-11(16(23)7-12)9-24-6-5-15-14-4-3-13(22)8-17(14)25(10-18(26)27)19(15)20(24)28/h1-4,7-8H,5-6,9-10H2,(H,26,27). The summed E-state index contributed by atoms with van der Waals surface area (Å²) < 4.78 is 16.7. The van der Waals surface area contributed by atoms with Crippen LogP contribution >= 0.6 is 39.7 Å². The molecule has 4 nitrogen and oxygen atoms in total. The maximum Gasteiger partial charge on any atom is 0.323 e. The lowest BCUT2D eigenvalue weighted by molar-refractivity contribution is -0.137. The minimum Gasteiger partial charge on any atom is -0.480 e. The average molecular weight is 482 g/mol. The summed E-state index contributed by atoms with van der Waals surface area (Å²) in [6.45, 7) is 0.746. The van der Waals surface area contributed by atoms with Gasteiger partial charge in [0.05, 0.1) is 11.2 Å². The molecule has 0 unspecified atom stereocenters. The number of hydrogen-bond donors (Lipinski definition) is 1. The van der Waals surface area contributed by atoms with Gasteiger partial charge in [0.25, 0.3) is 0 Å². The summed E-state index contributed by atoms with van der Waals surface area (Å²) in [6, 6.07) is 10.4. The van der Waals surface area contributed by atoms with Crippen molar-refractivity contribution in [2.24, 2.45) is 0 Å². The molecule has 0 saturated carbocycles. The minimum absolute atomic E-state index is 0.215. The molecule has 1 aliphatic rings. The number of rotatable bonds is 4. The molecule has 1 aliphatic heterocycles. The van der Waals surface area contributed by atoms with Gasteiger partial charge >= 0.3 is 5.97 Å². The molecule has 0 aliphatic carbocycles. The first-order valence-electron chi connectivity index (χ1n) is 8.61. The van der Waals surface area contributed by atoms with Crippen molar-refractivity contribution in [3.05, 3.63) is 68.5 Å². The van der Waals surface area contributed by atoms with Crippen molar-refractivity contribution in [2.75, 3.05) is 6.54 Å². The number of carboxylic acids is 1. The molecule has 3 aromatic rings. The Balaban J connectivity index is 1.78. The maximum atomic E-state index is 14.3. The number of fused-ring (bicyclic) bond motifs is 3. The average Bonchev–Trinajstić information content (AvgIpc) is 2.92. The van der Waals surface area contributed by atoms with E-state index in [1.807, 2.05) is 11.0 Å². The van der Waals surface area contributed by atoms with E-state index in [2.05, 4.69) is 15.9 Å². The molecule has 2 aromatic carbocycles. The van der Waals surface area contributed by atoms with E-state index in [-0.39, 0.29) is 12.4 Å². The number of halogens is 3. The van der Waals surface area contributed by atoms with E-state index in [4.69, 9.17) is 23.8 Å². The van der Waals surface area contributed by atoms with E-state index in [9.17, 15) is 14.3 Å². The highest BCUT2D eigenvalue weighted by molar-refractivity contribution is 9.10. The normalized spacial score (nSPS) is 13.8. The third-order valence-corrected chi connectivity index (χ3v) is 6.10. The Morgan fingerprint density at radius 2 is 2.07 bits per heavy atom. The molecular weight excluding hydrogens is 467 g/mol. The second-order valence-corrected chi connectivity index (χ2v) is 8.42. The van der Waals surface area contributed by atoms with Crippen LogP contribution in [0, 0.1) is 5.82 Å². The highest BCUT2D eigenvalue weighted by atomic mass is 79.9. The topological polar surface area (TPSA) is 45.5 Å². The predicted molar refractivity (Wildman–Crippen MR) is 114 cm³/mol. The quantitative estimate of drug-likeness (QED) is 0.532. The lowest BCUT2D eigenvalue weighted by atomic mass is 10.0. The Morgan fingerprint density at radius 1 is 1.29 bits per heavy atom. The van der Waals surface area contributed by atoms with Gasteiger partial charge in [-0.2, -0.15) is 0 Å². The molecule has 144 valence electrons. The van der Waals surface area contributed by atoms with Gasteiger partial charge in [0, 0.05) is 33.5 Å². The molecule has 0 amide bonds. The number of carboxylic acid groups (broad SMARTS) is 1. The largest absolute Gasteiger partial charge is 0.480 e. The van der Waals surface area contributed by atoms with Gasteiger partial charge < -0.3 is 14.6 Å². The number of benzene rings is 2. The number of aromatic nitrogens is 1.